The van der Waals surface area contributed by atoms with Gasteiger partial charge in [0.1, 0.15) is 0 Å². The van der Waals surface area contributed by atoms with Crippen LogP contribution in [0.5, 0.6) is 0 Å². The van der Waals surface area contributed by atoms with E-state index in [0.29, 0.717) is 11.6 Å². The van der Waals surface area contributed by atoms with Gasteiger partial charge in [-0.25, -0.2) is 0 Å². The molecular weight excluding hydrogens is 135 g/mol. The lowest BCUT2D eigenvalue weighted by molar-refractivity contribution is -0.115. The van der Waals surface area contributed by atoms with Gasteiger partial charge in [0.25, 0.3) is 0 Å². The molecule has 1 nitrogen and oxygen atoms in total. The van der Waals surface area contributed by atoms with E-state index in [1.165, 1.54) is 32.1 Å². The smallest absolute Gasteiger partial charge is 0.187 e. The molecule has 0 heterocycles. The quantitative estimate of drug-likeness (QED) is 0.520. The Morgan fingerprint density at radius 3 is 1.91 bits per heavy atom. The Hall–Kier alpha value is -0.265. The highest BCUT2D eigenvalue weighted by atomic mass is 16.1. The predicted molar refractivity (Wildman–Crippen MR) is 49.4 cm³/mol. The summed E-state index contributed by atoms with van der Waals surface area (Å²) < 4.78 is 0. The molecule has 1 aliphatic carbocycles. The van der Waals surface area contributed by atoms with Crippen LogP contribution in [0.4, 0.5) is 0 Å². The third-order valence-corrected chi connectivity index (χ3v) is 2.68. The first-order valence-corrected chi connectivity index (χ1v) is 4.81. The van der Waals surface area contributed by atoms with Gasteiger partial charge >= 0.3 is 0 Å². The van der Waals surface area contributed by atoms with E-state index < -0.39 is 0 Å². The zero-order valence-electron chi connectivity index (χ0n) is 7.44. The van der Waals surface area contributed by atoms with E-state index in [9.17, 15) is 4.79 Å². The fourth-order valence-electron chi connectivity index (χ4n) is 1.86. The van der Waals surface area contributed by atoms with Gasteiger partial charge in [-0.3, -0.25) is 0 Å². The molecule has 1 rings (SSSR count). The number of carbonyl (C=O) groups excluding carboxylic acids is 1. The van der Waals surface area contributed by atoms with Crippen molar-refractivity contribution in [2.45, 2.75) is 44.9 Å². The summed E-state index contributed by atoms with van der Waals surface area (Å²) in [6, 6.07) is 0. The Morgan fingerprint density at radius 1 is 1.00 bits per heavy atom. The topological polar surface area (TPSA) is 17.1 Å². The fourth-order valence-corrected chi connectivity index (χ4v) is 1.86. The van der Waals surface area contributed by atoms with Crippen molar-refractivity contribution in [3.8, 4) is 0 Å². The van der Waals surface area contributed by atoms with Gasteiger partial charge in [0.05, 0.1) is 5.68 Å². The first-order valence-electron chi connectivity index (χ1n) is 4.81. The average Bonchev–Trinajstić information content (AvgIpc) is 1.84. The molecule has 0 N–H and O–H groups in total. The van der Waals surface area contributed by atoms with E-state index in [1.807, 2.05) is 0 Å². The number of hydrogen-bond donors (Lipinski definition) is 0. The van der Waals surface area contributed by atoms with Gasteiger partial charge in [-0.1, -0.05) is 32.1 Å². The molecule has 1 aliphatic rings. The highest BCUT2D eigenvalue weighted by Crippen LogP contribution is 2.21. The minimum atomic E-state index is 0.398. The van der Waals surface area contributed by atoms with Crippen LogP contribution in [0.15, 0.2) is 0 Å². The van der Waals surface area contributed by atoms with Gasteiger partial charge in [-0.05, 0) is 12.8 Å². The molecule has 0 spiro atoms. The standard InChI is InChI=1S/C9H17BO/c10-9(11)8-6-4-2-1-3-5-7-8/h8H,1-7,10H2. The Morgan fingerprint density at radius 2 is 1.45 bits per heavy atom. The maximum Gasteiger partial charge on any atom is 0.187 e. The zero-order chi connectivity index (χ0) is 8.10. The molecule has 0 atom stereocenters. The zero-order valence-corrected chi connectivity index (χ0v) is 7.44. The maximum absolute atomic E-state index is 11.1. The monoisotopic (exact) mass is 152 g/mol. The predicted octanol–water partition coefficient (Wildman–Crippen LogP) is 1.51. The van der Waals surface area contributed by atoms with Crippen LogP contribution in [-0.2, 0) is 4.79 Å². The first-order chi connectivity index (χ1) is 5.30. The molecule has 0 aromatic carbocycles. The summed E-state index contributed by atoms with van der Waals surface area (Å²) in [5.74, 6) is 0.398. The molecule has 0 saturated heterocycles. The van der Waals surface area contributed by atoms with Crippen LogP contribution < -0.4 is 0 Å². The van der Waals surface area contributed by atoms with Gasteiger partial charge in [0, 0.05) is 5.92 Å². The summed E-state index contributed by atoms with van der Waals surface area (Å²) in [5, 5.41) is 0. The lowest BCUT2D eigenvalue weighted by atomic mass is 9.81. The number of carbonyl (C=O) groups is 1. The molecule has 1 saturated carbocycles. The molecule has 0 bridgehead atoms. The third kappa shape index (κ3) is 3.09. The van der Waals surface area contributed by atoms with Crippen LogP contribution in [0.2, 0.25) is 0 Å². The van der Waals surface area contributed by atoms with E-state index >= 15 is 0 Å². The Balaban J connectivity index is 2.32. The third-order valence-electron chi connectivity index (χ3n) is 2.68. The first kappa shape index (κ1) is 8.83. The van der Waals surface area contributed by atoms with E-state index in [4.69, 9.17) is 0 Å². The van der Waals surface area contributed by atoms with Crippen LogP contribution in [0.25, 0.3) is 0 Å². The van der Waals surface area contributed by atoms with Crippen LogP contribution in [0.3, 0.4) is 0 Å². The minimum Gasteiger partial charge on any atom is -0.312 e. The van der Waals surface area contributed by atoms with Crippen molar-refractivity contribution in [3.05, 3.63) is 0 Å². The lowest BCUT2D eigenvalue weighted by Gasteiger charge is -2.16. The highest BCUT2D eigenvalue weighted by molar-refractivity contribution is 6.58. The second-order valence-corrected chi connectivity index (χ2v) is 3.65. The fraction of sp³-hybridized carbons (Fsp3) is 0.889. The Labute approximate surface area is 70.0 Å². The Kier molecular flexibility index (Phi) is 3.68. The summed E-state index contributed by atoms with van der Waals surface area (Å²) in [6.07, 6.45) is 8.89. The largest absolute Gasteiger partial charge is 0.312 e. The molecule has 2 heteroatoms. The number of rotatable bonds is 1. The molecule has 0 radical (unpaired) electrons. The molecule has 0 aromatic heterocycles. The van der Waals surface area contributed by atoms with Crippen molar-refractivity contribution in [1.82, 2.24) is 0 Å². The molecular formula is C9H17BO. The van der Waals surface area contributed by atoms with Crippen LogP contribution >= 0.6 is 0 Å². The molecule has 11 heavy (non-hydrogen) atoms. The van der Waals surface area contributed by atoms with E-state index in [-0.39, 0.29) is 0 Å². The van der Waals surface area contributed by atoms with Crippen LogP contribution in [-0.4, -0.2) is 13.5 Å². The van der Waals surface area contributed by atoms with Crippen LogP contribution in [0.1, 0.15) is 44.9 Å². The van der Waals surface area contributed by atoms with Crippen molar-refractivity contribution in [2.24, 2.45) is 5.92 Å². The normalized spacial score (nSPS) is 22.2. The van der Waals surface area contributed by atoms with E-state index in [0.717, 1.165) is 12.8 Å². The molecule has 62 valence electrons. The Bertz CT molecular complexity index is 126. The second-order valence-electron chi connectivity index (χ2n) is 3.65. The van der Waals surface area contributed by atoms with Crippen molar-refractivity contribution in [2.75, 3.05) is 0 Å². The SMILES string of the molecule is BC(=O)C1CCCCCCC1. The number of hydrogen-bond acceptors (Lipinski definition) is 1. The van der Waals surface area contributed by atoms with Gasteiger partial charge < -0.3 is 4.79 Å². The van der Waals surface area contributed by atoms with Gasteiger partial charge in [0.15, 0.2) is 7.85 Å². The van der Waals surface area contributed by atoms with E-state index in [1.54, 1.807) is 7.85 Å². The molecule has 0 amide bonds. The summed E-state index contributed by atoms with van der Waals surface area (Å²) in [4.78, 5) is 11.1. The van der Waals surface area contributed by atoms with Crippen molar-refractivity contribution >= 4 is 13.5 Å². The van der Waals surface area contributed by atoms with Crippen molar-refractivity contribution in [3.63, 3.8) is 0 Å². The van der Waals surface area contributed by atoms with Gasteiger partial charge in [-0.15, -0.1) is 0 Å². The molecule has 0 aliphatic heterocycles. The average molecular weight is 152 g/mol. The summed E-state index contributed by atoms with van der Waals surface area (Å²) in [5.41, 5.74) is 0.409. The second kappa shape index (κ2) is 4.58. The van der Waals surface area contributed by atoms with Gasteiger partial charge in [0.2, 0.25) is 0 Å². The van der Waals surface area contributed by atoms with Crippen LogP contribution in [0, 0.1) is 5.92 Å². The summed E-state index contributed by atoms with van der Waals surface area (Å²) in [7, 11) is 1.74. The summed E-state index contributed by atoms with van der Waals surface area (Å²) in [6.45, 7) is 0. The van der Waals surface area contributed by atoms with Crippen molar-refractivity contribution in [1.29, 1.82) is 0 Å². The maximum atomic E-state index is 11.1. The highest BCUT2D eigenvalue weighted by Gasteiger charge is 2.14. The molecule has 0 unspecified atom stereocenters. The van der Waals surface area contributed by atoms with Crippen molar-refractivity contribution < 1.29 is 4.79 Å². The molecule has 0 aromatic rings. The molecule has 1 fully saturated rings. The summed E-state index contributed by atoms with van der Waals surface area (Å²) >= 11 is 0. The van der Waals surface area contributed by atoms with E-state index in [2.05, 4.69) is 0 Å². The minimum absolute atomic E-state index is 0.398. The van der Waals surface area contributed by atoms with Gasteiger partial charge in [-0.2, -0.15) is 0 Å². The lowest BCUT2D eigenvalue weighted by Crippen LogP contribution is -2.15.